The van der Waals surface area contributed by atoms with E-state index in [0.717, 1.165) is 0 Å². The Morgan fingerprint density at radius 2 is 2.06 bits per heavy atom. The van der Waals surface area contributed by atoms with Gasteiger partial charge in [0, 0.05) is 17.4 Å². The second-order valence-electron chi connectivity index (χ2n) is 3.60. The van der Waals surface area contributed by atoms with Crippen LogP contribution in [-0.2, 0) is 10.0 Å². The second kappa shape index (κ2) is 4.69. The van der Waals surface area contributed by atoms with Gasteiger partial charge in [0.1, 0.15) is 13.1 Å². The fraction of sp³-hybridized carbons (Fsp3) is 0.222. The quantitative estimate of drug-likeness (QED) is 0.497. The number of hydrogen-bond donors (Lipinski definition) is 1. The van der Waals surface area contributed by atoms with Gasteiger partial charge in [0.05, 0.1) is 4.90 Å². The molecule has 0 amide bonds. The molecule has 2 rings (SSSR count). The van der Waals surface area contributed by atoms with Gasteiger partial charge >= 0.3 is 5.11 Å². The van der Waals surface area contributed by atoms with Crippen molar-refractivity contribution in [3.8, 4) is 0 Å². The van der Waals surface area contributed by atoms with Crippen LogP contribution in [0.5, 0.6) is 0 Å². The van der Waals surface area contributed by atoms with E-state index in [1.807, 2.05) is 0 Å². The molecule has 1 heterocycles. The van der Waals surface area contributed by atoms with E-state index in [1.54, 1.807) is 18.2 Å². The van der Waals surface area contributed by atoms with Gasteiger partial charge in [-0.2, -0.15) is 4.76 Å². The van der Waals surface area contributed by atoms with Crippen LogP contribution in [0.15, 0.2) is 45.6 Å². The third kappa shape index (κ3) is 2.53. The highest BCUT2D eigenvalue weighted by atomic mass is 32.2. The molecule has 9 heteroatoms. The van der Waals surface area contributed by atoms with Crippen molar-refractivity contribution in [3.63, 3.8) is 0 Å². The van der Waals surface area contributed by atoms with Gasteiger partial charge in [-0.25, -0.2) is 13.1 Å². The van der Waals surface area contributed by atoms with Crippen LogP contribution in [0.1, 0.15) is 0 Å². The van der Waals surface area contributed by atoms with Crippen LogP contribution in [0.3, 0.4) is 0 Å². The lowest BCUT2D eigenvalue weighted by Crippen LogP contribution is -2.49. The minimum Gasteiger partial charge on any atom is -0.596 e. The van der Waals surface area contributed by atoms with Crippen LogP contribution in [0, 0.1) is 5.21 Å². The van der Waals surface area contributed by atoms with Crippen LogP contribution in [0.2, 0.25) is 0 Å². The zero-order chi connectivity index (χ0) is 13.2. The van der Waals surface area contributed by atoms with E-state index in [4.69, 9.17) is 12.2 Å². The van der Waals surface area contributed by atoms with Crippen LogP contribution < -0.4 is 4.72 Å². The lowest BCUT2D eigenvalue weighted by atomic mass is 10.4. The summed E-state index contributed by atoms with van der Waals surface area (Å²) >= 11 is 4.79. The van der Waals surface area contributed by atoms with Gasteiger partial charge in [-0.05, 0) is 12.1 Å². The highest BCUT2D eigenvalue weighted by Crippen LogP contribution is 2.15. The highest BCUT2D eigenvalue weighted by Gasteiger charge is 2.32. The van der Waals surface area contributed by atoms with Crippen molar-refractivity contribution in [1.29, 1.82) is 0 Å². The van der Waals surface area contributed by atoms with Crippen molar-refractivity contribution in [2.45, 2.75) is 4.90 Å². The summed E-state index contributed by atoms with van der Waals surface area (Å²) in [5.74, 6) is 0. The number of sulfonamides is 1. The third-order valence-corrected chi connectivity index (χ3v) is 4.17. The van der Waals surface area contributed by atoms with Crippen LogP contribution in [0.25, 0.3) is 0 Å². The molecule has 7 nitrogen and oxygen atoms in total. The molecule has 1 aromatic carbocycles. The van der Waals surface area contributed by atoms with Crippen molar-refractivity contribution in [2.75, 3.05) is 13.1 Å². The van der Waals surface area contributed by atoms with Crippen molar-refractivity contribution in [1.82, 2.24) is 4.72 Å². The SMILES string of the molecule is O=S(=O)(NC(=S)[N+]1([O-])CCN=N1)c1ccccc1. The number of nitrogens with zero attached hydrogens (tertiary/aromatic N) is 3. The van der Waals surface area contributed by atoms with Crippen molar-refractivity contribution >= 4 is 27.4 Å². The Morgan fingerprint density at radius 1 is 1.39 bits per heavy atom. The molecule has 1 aromatic rings. The van der Waals surface area contributed by atoms with Crippen LogP contribution >= 0.6 is 12.2 Å². The fourth-order valence-corrected chi connectivity index (χ4v) is 2.82. The molecule has 0 aromatic heterocycles. The highest BCUT2D eigenvalue weighted by molar-refractivity contribution is 7.91. The first-order valence-corrected chi connectivity index (χ1v) is 6.94. The smallest absolute Gasteiger partial charge is 0.312 e. The molecule has 0 radical (unpaired) electrons. The molecule has 0 fully saturated rings. The van der Waals surface area contributed by atoms with E-state index >= 15 is 0 Å². The Kier molecular flexibility index (Phi) is 3.39. The predicted molar refractivity (Wildman–Crippen MR) is 67.6 cm³/mol. The molecule has 0 aliphatic carbocycles. The molecule has 1 unspecified atom stereocenters. The summed E-state index contributed by atoms with van der Waals surface area (Å²) in [6.07, 6.45) is 0. The molecule has 1 atom stereocenters. The lowest BCUT2D eigenvalue weighted by Gasteiger charge is -2.28. The van der Waals surface area contributed by atoms with Gasteiger partial charge in [-0.1, -0.05) is 18.2 Å². The summed E-state index contributed by atoms with van der Waals surface area (Å²) in [7, 11) is -3.84. The maximum Gasteiger partial charge on any atom is 0.312 e. The normalized spacial score (nSPS) is 22.9. The van der Waals surface area contributed by atoms with Gasteiger partial charge in [0.25, 0.3) is 10.0 Å². The summed E-state index contributed by atoms with van der Waals surface area (Å²) < 4.78 is 24.6. The number of nitrogens with one attached hydrogen (secondary N) is 1. The van der Waals surface area contributed by atoms with Gasteiger partial charge in [0.2, 0.25) is 0 Å². The summed E-state index contributed by atoms with van der Waals surface area (Å²) in [6.45, 7) is 0.243. The number of hydroxylamine groups is 2. The Hall–Kier alpha value is -1.42. The summed E-state index contributed by atoms with van der Waals surface area (Å²) in [6, 6.07) is 7.66. The molecule has 0 saturated heterocycles. The largest absolute Gasteiger partial charge is 0.596 e. The van der Waals surface area contributed by atoms with Crippen LogP contribution in [0.4, 0.5) is 0 Å². The Balaban J connectivity index is 2.19. The molecular formula is C9H10N4O3S2. The Bertz CT molecular complexity index is 587. The summed E-state index contributed by atoms with van der Waals surface area (Å²) in [5, 5.41) is 18.4. The van der Waals surface area contributed by atoms with Gasteiger partial charge in [-0.15, -0.1) is 5.11 Å². The van der Waals surface area contributed by atoms with E-state index in [-0.39, 0.29) is 18.0 Å². The summed E-state index contributed by atoms with van der Waals surface area (Å²) in [5.41, 5.74) is 0. The third-order valence-electron chi connectivity index (χ3n) is 2.30. The van der Waals surface area contributed by atoms with E-state index < -0.39 is 19.9 Å². The lowest BCUT2D eigenvalue weighted by molar-refractivity contribution is -0.789. The number of rotatable bonds is 2. The van der Waals surface area contributed by atoms with E-state index in [9.17, 15) is 13.6 Å². The van der Waals surface area contributed by atoms with Gasteiger partial charge < -0.3 is 5.21 Å². The molecular weight excluding hydrogens is 276 g/mol. The standard InChI is InChI=1S/C9H10N4O3S2/c14-13(7-6-10-12-13)9(17)11-18(15,16)8-4-2-1-3-5-8/h1-5H,6-7H2,(H,11,17). The fourth-order valence-electron chi connectivity index (χ4n) is 1.36. The Labute approximate surface area is 109 Å². The number of benzene rings is 1. The molecule has 96 valence electrons. The number of quaternary nitrogens is 1. The minimum atomic E-state index is -3.84. The molecule has 1 aliphatic heterocycles. The molecule has 0 spiro atoms. The second-order valence-corrected chi connectivity index (χ2v) is 5.67. The molecule has 1 aliphatic rings. The van der Waals surface area contributed by atoms with Crippen molar-refractivity contribution in [2.24, 2.45) is 10.3 Å². The first-order chi connectivity index (χ1) is 8.44. The van der Waals surface area contributed by atoms with Crippen molar-refractivity contribution in [3.05, 3.63) is 35.5 Å². The van der Waals surface area contributed by atoms with E-state index in [0.29, 0.717) is 0 Å². The average molecular weight is 286 g/mol. The zero-order valence-electron chi connectivity index (χ0n) is 9.18. The zero-order valence-corrected chi connectivity index (χ0v) is 10.8. The van der Waals surface area contributed by atoms with Crippen molar-refractivity contribution < 1.29 is 13.2 Å². The molecule has 1 N–H and O–H groups in total. The topological polar surface area (TPSA) is 94.0 Å². The summed E-state index contributed by atoms with van der Waals surface area (Å²) in [4.78, 5) is 0.0371. The van der Waals surface area contributed by atoms with E-state index in [1.165, 1.54) is 12.1 Å². The average Bonchev–Trinajstić information content (AvgIpc) is 2.78. The monoisotopic (exact) mass is 286 g/mol. The maximum absolute atomic E-state index is 11.9. The minimum absolute atomic E-state index is 0.0101. The molecule has 0 bridgehead atoms. The van der Waals surface area contributed by atoms with Gasteiger partial charge in [0.15, 0.2) is 0 Å². The molecule has 18 heavy (non-hydrogen) atoms. The van der Waals surface area contributed by atoms with Gasteiger partial charge in [-0.3, -0.25) is 0 Å². The Morgan fingerprint density at radius 3 is 2.61 bits per heavy atom. The maximum atomic E-state index is 11.9. The predicted octanol–water partition coefficient (Wildman–Crippen LogP) is 0.945. The molecule has 0 saturated carbocycles. The number of hydrogen-bond acceptors (Lipinski definition) is 6. The first-order valence-electron chi connectivity index (χ1n) is 5.05. The first kappa shape index (κ1) is 13.0. The van der Waals surface area contributed by atoms with Crippen LogP contribution in [-0.4, -0.2) is 31.4 Å². The number of thiocarbonyl (C=S) groups is 1. The van der Waals surface area contributed by atoms with E-state index in [2.05, 4.69) is 15.1 Å².